The standard InChI is InChI=1S/C12H25F/c1-7-10(2)8-9-11(3,4)12(5,6)13/h10H,7-9H2,1-6H3. The maximum Gasteiger partial charge on any atom is 0.110 e. The maximum absolute atomic E-state index is 13.7. The minimum atomic E-state index is -1.07. The van der Waals surface area contributed by atoms with Crippen molar-refractivity contribution < 1.29 is 4.39 Å². The van der Waals surface area contributed by atoms with E-state index >= 15 is 0 Å². The van der Waals surface area contributed by atoms with E-state index in [-0.39, 0.29) is 5.41 Å². The number of alkyl halides is 1. The lowest BCUT2D eigenvalue weighted by Gasteiger charge is -2.35. The van der Waals surface area contributed by atoms with Crippen LogP contribution in [0.25, 0.3) is 0 Å². The van der Waals surface area contributed by atoms with E-state index in [4.69, 9.17) is 0 Å². The van der Waals surface area contributed by atoms with Gasteiger partial charge in [0.15, 0.2) is 0 Å². The molecule has 0 spiro atoms. The van der Waals surface area contributed by atoms with Gasteiger partial charge in [-0.15, -0.1) is 0 Å². The molecule has 0 radical (unpaired) electrons. The summed E-state index contributed by atoms with van der Waals surface area (Å²) in [5.74, 6) is 0.724. The number of hydrogen-bond donors (Lipinski definition) is 0. The van der Waals surface area contributed by atoms with Gasteiger partial charge >= 0.3 is 0 Å². The van der Waals surface area contributed by atoms with E-state index in [1.165, 1.54) is 6.42 Å². The van der Waals surface area contributed by atoms with Gasteiger partial charge in [0.2, 0.25) is 0 Å². The summed E-state index contributed by atoms with van der Waals surface area (Å²) in [7, 11) is 0. The molecule has 0 N–H and O–H groups in total. The van der Waals surface area contributed by atoms with Gasteiger partial charge in [-0.1, -0.05) is 40.5 Å². The summed E-state index contributed by atoms with van der Waals surface area (Å²) in [6, 6.07) is 0. The quantitative estimate of drug-likeness (QED) is 0.592. The molecule has 0 heterocycles. The van der Waals surface area contributed by atoms with Crippen LogP contribution >= 0.6 is 0 Å². The molecule has 80 valence electrons. The molecule has 0 saturated heterocycles. The molecule has 0 rings (SSSR count). The molecular formula is C12H25F. The molecule has 0 aliphatic heterocycles. The SMILES string of the molecule is CCC(C)CCC(C)(C)C(C)(C)F. The summed E-state index contributed by atoms with van der Waals surface area (Å²) in [5, 5.41) is 0. The highest BCUT2D eigenvalue weighted by molar-refractivity contribution is 4.86. The van der Waals surface area contributed by atoms with Crippen LogP contribution in [0.2, 0.25) is 0 Å². The van der Waals surface area contributed by atoms with Crippen LogP contribution in [0.3, 0.4) is 0 Å². The van der Waals surface area contributed by atoms with Gasteiger partial charge in [-0.3, -0.25) is 0 Å². The molecule has 1 atom stereocenters. The molecule has 0 bridgehead atoms. The zero-order valence-electron chi connectivity index (χ0n) is 10.1. The molecule has 0 amide bonds. The van der Waals surface area contributed by atoms with Crippen LogP contribution in [0.15, 0.2) is 0 Å². The lowest BCUT2D eigenvalue weighted by Crippen LogP contribution is -2.34. The first-order valence-electron chi connectivity index (χ1n) is 5.39. The zero-order valence-corrected chi connectivity index (χ0v) is 10.1. The van der Waals surface area contributed by atoms with Gasteiger partial charge < -0.3 is 0 Å². The van der Waals surface area contributed by atoms with Crippen molar-refractivity contribution in [2.45, 2.75) is 66.5 Å². The second-order valence-corrected chi connectivity index (χ2v) is 5.41. The predicted molar refractivity (Wildman–Crippen MR) is 57.7 cm³/mol. The first-order valence-corrected chi connectivity index (χ1v) is 5.39. The van der Waals surface area contributed by atoms with Gasteiger partial charge in [-0.05, 0) is 31.6 Å². The van der Waals surface area contributed by atoms with E-state index in [0.717, 1.165) is 18.8 Å². The van der Waals surface area contributed by atoms with Crippen molar-refractivity contribution in [2.75, 3.05) is 0 Å². The minimum Gasteiger partial charge on any atom is -0.244 e. The van der Waals surface area contributed by atoms with Crippen LogP contribution in [0.5, 0.6) is 0 Å². The Morgan fingerprint density at radius 2 is 1.62 bits per heavy atom. The lowest BCUT2D eigenvalue weighted by molar-refractivity contribution is 0.0403. The Morgan fingerprint density at radius 1 is 1.15 bits per heavy atom. The first kappa shape index (κ1) is 12.9. The van der Waals surface area contributed by atoms with E-state index in [1.54, 1.807) is 13.8 Å². The van der Waals surface area contributed by atoms with Crippen molar-refractivity contribution in [3.05, 3.63) is 0 Å². The Hall–Kier alpha value is -0.0700. The summed E-state index contributed by atoms with van der Waals surface area (Å²) >= 11 is 0. The summed E-state index contributed by atoms with van der Waals surface area (Å²) in [6.45, 7) is 11.8. The fraction of sp³-hybridized carbons (Fsp3) is 1.00. The van der Waals surface area contributed by atoms with E-state index in [9.17, 15) is 4.39 Å². The Labute approximate surface area is 82.9 Å². The molecule has 13 heavy (non-hydrogen) atoms. The zero-order chi connectivity index (χ0) is 10.7. The number of halogens is 1. The summed E-state index contributed by atoms with van der Waals surface area (Å²) in [4.78, 5) is 0. The summed E-state index contributed by atoms with van der Waals surface area (Å²) < 4.78 is 13.7. The average Bonchev–Trinajstić information content (AvgIpc) is 1.98. The average molecular weight is 188 g/mol. The molecule has 0 fully saturated rings. The second-order valence-electron chi connectivity index (χ2n) is 5.41. The van der Waals surface area contributed by atoms with Crippen LogP contribution in [0.4, 0.5) is 4.39 Å². The topological polar surface area (TPSA) is 0 Å². The molecule has 0 aromatic carbocycles. The van der Waals surface area contributed by atoms with E-state index < -0.39 is 5.67 Å². The second kappa shape index (κ2) is 4.43. The van der Waals surface area contributed by atoms with Gasteiger partial charge in [0.05, 0.1) is 0 Å². The molecular weight excluding hydrogens is 163 g/mol. The van der Waals surface area contributed by atoms with E-state index in [2.05, 4.69) is 13.8 Å². The minimum absolute atomic E-state index is 0.198. The molecule has 1 unspecified atom stereocenters. The molecule has 0 aromatic rings. The van der Waals surface area contributed by atoms with Gasteiger partial charge in [0.25, 0.3) is 0 Å². The van der Waals surface area contributed by atoms with Gasteiger partial charge in [-0.25, -0.2) is 4.39 Å². The van der Waals surface area contributed by atoms with Gasteiger partial charge in [-0.2, -0.15) is 0 Å². The Kier molecular flexibility index (Phi) is 4.41. The molecule has 0 aliphatic carbocycles. The van der Waals surface area contributed by atoms with E-state index in [1.807, 2.05) is 13.8 Å². The van der Waals surface area contributed by atoms with Crippen molar-refractivity contribution >= 4 is 0 Å². The normalized spacial score (nSPS) is 15.9. The van der Waals surface area contributed by atoms with Crippen LogP contribution in [-0.2, 0) is 0 Å². The van der Waals surface area contributed by atoms with Crippen molar-refractivity contribution in [3.8, 4) is 0 Å². The third-order valence-electron chi connectivity index (χ3n) is 3.57. The third-order valence-corrected chi connectivity index (χ3v) is 3.57. The van der Waals surface area contributed by atoms with Crippen molar-refractivity contribution in [3.63, 3.8) is 0 Å². The van der Waals surface area contributed by atoms with Crippen LogP contribution in [0.1, 0.15) is 60.8 Å². The molecule has 0 saturated carbocycles. The third kappa shape index (κ3) is 4.10. The van der Waals surface area contributed by atoms with Crippen LogP contribution in [-0.4, -0.2) is 5.67 Å². The summed E-state index contributed by atoms with van der Waals surface area (Å²) in [6.07, 6.45) is 3.31. The summed E-state index contributed by atoms with van der Waals surface area (Å²) in [5.41, 5.74) is -1.27. The largest absolute Gasteiger partial charge is 0.244 e. The molecule has 0 aliphatic rings. The highest BCUT2D eigenvalue weighted by Crippen LogP contribution is 2.39. The Bertz CT molecular complexity index is 142. The Balaban J connectivity index is 4.04. The van der Waals surface area contributed by atoms with Crippen molar-refractivity contribution in [2.24, 2.45) is 11.3 Å². The van der Waals surface area contributed by atoms with Crippen LogP contribution in [0, 0.1) is 11.3 Å². The van der Waals surface area contributed by atoms with Gasteiger partial charge in [0, 0.05) is 0 Å². The molecule has 1 heteroatoms. The Morgan fingerprint density at radius 3 is 1.92 bits per heavy atom. The van der Waals surface area contributed by atoms with Crippen molar-refractivity contribution in [1.82, 2.24) is 0 Å². The van der Waals surface area contributed by atoms with Crippen molar-refractivity contribution in [1.29, 1.82) is 0 Å². The fourth-order valence-corrected chi connectivity index (χ4v) is 1.11. The van der Waals surface area contributed by atoms with Gasteiger partial charge in [0.1, 0.15) is 5.67 Å². The predicted octanol–water partition coefficient (Wildman–Crippen LogP) is 4.59. The molecule has 0 aromatic heterocycles. The fourth-order valence-electron chi connectivity index (χ4n) is 1.11. The van der Waals surface area contributed by atoms with E-state index in [0.29, 0.717) is 0 Å². The number of hydrogen-bond acceptors (Lipinski definition) is 0. The smallest absolute Gasteiger partial charge is 0.110 e. The first-order chi connectivity index (χ1) is 5.70. The highest BCUT2D eigenvalue weighted by atomic mass is 19.1. The highest BCUT2D eigenvalue weighted by Gasteiger charge is 2.36. The lowest BCUT2D eigenvalue weighted by atomic mass is 9.74. The number of rotatable bonds is 5. The molecule has 0 nitrogen and oxygen atoms in total. The maximum atomic E-state index is 13.7. The van der Waals surface area contributed by atoms with Crippen LogP contribution < -0.4 is 0 Å². The monoisotopic (exact) mass is 188 g/mol.